The molecule has 0 saturated carbocycles. The fourth-order valence-corrected chi connectivity index (χ4v) is 3.47. The molecule has 2 atom stereocenters. The molecule has 0 unspecified atom stereocenters. The number of hydrogen-bond donors (Lipinski definition) is 0. The van der Waals surface area contributed by atoms with Crippen LogP contribution in [0, 0.1) is 0 Å². The molecule has 1 fully saturated rings. The third-order valence-electron chi connectivity index (χ3n) is 4.86. The van der Waals surface area contributed by atoms with Gasteiger partial charge in [0.1, 0.15) is 0 Å². The van der Waals surface area contributed by atoms with Crippen LogP contribution in [0.2, 0.25) is 0 Å². The Kier molecular flexibility index (Phi) is 5.36. The number of carbonyl (C=O) groups excluding carboxylic acids is 1. The predicted octanol–water partition coefficient (Wildman–Crippen LogP) is 3.45. The maximum atomic E-state index is 12.5. The fraction of sp³-hybridized carbons (Fsp3) is 0.450. The van der Waals surface area contributed by atoms with Gasteiger partial charge >= 0.3 is 0 Å². The van der Waals surface area contributed by atoms with Crippen LogP contribution in [-0.4, -0.2) is 47.4 Å². The summed E-state index contributed by atoms with van der Waals surface area (Å²) in [5.41, 5.74) is 1.39. The molecule has 0 N–H and O–H groups in total. The fourth-order valence-electron chi connectivity index (χ4n) is 3.47. The van der Waals surface area contributed by atoms with Gasteiger partial charge in [-0.15, -0.1) is 0 Å². The average molecular weight is 326 g/mol. The number of benzene rings is 1. The smallest absolute Gasteiger partial charge is 0.289 e. The van der Waals surface area contributed by atoms with E-state index < -0.39 is 0 Å². The third-order valence-corrected chi connectivity index (χ3v) is 4.86. The zero-order chi connectivity index (χ0) is 16.9. The van der Waals surface area contributed by atoms with E-state index >= 15 is 0 Å². The Balaban J connectivity index is 1.52. The van der Waals surface area contributed by atoms with Gasteiger partial charge in [0, 0.05) is 25.2 Å². The Bertz CT molecular complexity index is 639. The number of furan rings is 1. The number of aryl methyl sites for hydroxylation is 1. The van der Waals surface area contributed by atoms with Gasteiger partial charge in [-0.2, -0.15) is 0 Å². The Hall–Kier alpha value is -2.07. The molecule has 1 aliphatic rings. The van der Waals surface area contributed by atoms with Crippen LogP contribution in [0.3, 0.4) is 0 Å². The quantitative estimate of drug-likeness (QED) is 0.844. The molecule has 128 valence electrons. The van der Waals surface area contributed by atoms with E-state index in [0.717, 1.165) is 32.5 Å². The molecule has 1 aliphatic heterocycles. The van der Waals surface area contributed by atoms with Crippen LogP contribution in [0.5, 0.6) is 0 Å². The van der Waals surface area contributed by atoms with Crippen molar-refractivity contribution in [3.8, 4) is 0 Å². The van der Waals surface area contributed by atoms with E-state index in [1.54, 1.807) is 18.4 Å². The summed E-state index contributed by atoms with van der Waals surface area (Å²) in [6, 6.07) is 14.7. The first-order valence-electron chi connectivity index (χ1n) is 8.77. The van der Waals surface area contributed by atoms with Crippen molar-refractivity contribution in [1.82, 2.24) is 9.80 Å². The summed E-state index contributed by atoms with van der Waals surface area (Å²) < 4.78 is 5.27. The minimum Gasteiger partial charge on any atom is -0.459 e. The molecule has 3 rings (SSSR count). The lowest BCUT2D eigenvalue weighted by Crippen LogP contribution is -2.58. The molecular weight excluding hydrogens is 300 g/mol. The Labute approximate surface area is 144 Å². The van der Waals surface area contributed by atoms with Gasteiger partial charge in [-0.3, -0.25) is 9.69 Å². The van der Waals surface area contributed by atoms with Gasteiger partial charge in [-0.05, 0) is 50.9 Å². The zero-order valence-electron chi connectivity index (χ0n) is 14.5. The molecule has 4 heteroatoms. The lowest BCUT2D eigenvalue weighted by atomic mass is 10.1. The maximum absolute atomic E-state index is 12.5. The van der Waals surface area contributed by atoms with E-state index in [-0.39, 0.29) is 11.9 Å². The monoisotopic (exact) mass is 326 g/mol. The van der Waals surface area contributed by atoms with Crippen molar-refractivity contribution in [3.63, 3.8) is 0 Å². The largest absolute Gasteiger partial charge is 0.459 e. The lowest BCUT2D eigenvalue weighted by Gasteiger charge is -2.44. The summed E-state index contributed by atoms with van der Waals surface area (Å²) >= 11 is 0. The van der Waals surface area contributed by atoms with Crippen LogP contribution in [0.4, 0.5) is 0 Å². The minimum atomic E-state index is 0.00304. The minimum absolute atomic E-state index is 0.00304. The van der Waals surface area contributed by atoms with E-state index in [2.05, 4.69) is 49.1 Å². The molecule has 1 saturated heterocycles. The van der Waals surface area contributed by atoms with Crippen LogP contribution in [0.25, 0.3) is 0 Å². The van der Waals surface area contributed by atoms with Gasteiger partial charge in [0.15, 0.2) is 5.76 Å². The Morgan fingerprint density at radius 2 is 1.88 bits per heavy atom. The van der Waals surface area contributed by atoms with Gasteiger partial charge in [-0.25, -0.2) is 0 Å². The standard InChI is InChI=1S/C20H26N2O2/c1-16-15-22(20(23)19-11-7-13-24-19)17(2)14-21(16)12-6-10-18-8-4-3-5-9-18/h3-5,7-9,11,13,16-17H,6,10,12,14-15H2,1-2H3/t16-,17+/m0/s1. The molecular formula is C20H26N2O2. The van der Waals surface area contributed by atoms with Crippen LogP contribution >= 0.6 is 0 Å². The predicted molar refractivity (Wildman–Crippen MR) is 95.0 cm³/mol. The molecule has 4 nitrogen and oxygen atoms in total. The van der Waals surface area contributed by atoms with Gasteiger partial charge < -0.3 is 9.32 Å². The number of hydrogen-bond acceptors (Lipinski definition) is 3. The van der Waals surface area contributed by atoms with Crippen LogP contribution in [-0.2, 0) is 6.42 Å². The van der Waals surface area contributed by atoms with E-state index in [4.69, 9.17) is 4.42 Å². The molecule has 0 spiro atoms. The van der Waals surface area contributed by atoms with Crippen molar-refractivity contribution in [3.05, 3.63) is 60.1 Å². The van der Waals surface area contributed by atoms with Gasteiger partial charge in [0.25, 0.3) is 5.91 Å². The average Bonchev–Trinajstić information content (AvgIpc) is 3.12. The van der Waals surface area contributed by atoms with Crippen LogP contribution in [0.15, 0.2) is 53.1 Å². The summed E-state index contributed by atoms with van der Waals surface area (Å²) in [5, 5.41) is 0. The number of amides is 1. The van der Waals surface area contributed by atoms with Crippen molar-refractivity contribution >= 4 is 5.91 Å². The summed E-state index contributed by atoms with van der Waals surface area (Å²) in [7, 11) is 0. The van der Waals surface area contributed by atoms with Crippen molar-refractivity contribution in [2.75, 3.05) is 19.6 Å². The highest BCUT2D eigenvalue weighted by atomic mass is 16.3. The summed E-state index contributed by atoms with van der Waals surface area (Å²) in [5.74, 6) is 0.440. The van der Waals surface area contributed by atoms with Crippen LogP contribution < -0.4 is 0 Å². The lowest BCUT2D eigenvalue weighted by molar-refractivity contribution is 0.0290. The molecule has 1 aromatic carbocycles. The zero-order valence-corrected chi connectivity index (χ0v) is 14.5. The summed E-state index contributed by atoms with van der Waals surface area (Å²) in [6.45, 7) is 7.07. The SMILES string of the molecule is C[C@@H]1CN(CCCc2ccccc2)[C@@H](C)CN1C(=O)c1ccco1. The molecule has 0 aliphatic carbocycles. The molecule has 0 radical (unpaired) electrons. The van der Waals surface area contributed by atoms with E-state index in [1.165, 1.54) is 5.56 Å². The van der Waals surface area contributed by atoms with Crippen molar-refractivity contribution in [1.29, 1.82) is 0 Å². The Morgan fingerprint density at radius 3 is 2.58 bits per heavy atom. The molecule has 2 aromatic rings. The van der Waals surface area contributed by atoms with Crippen molar-refractivity contribution < 1.29 is 9.21 Å². The summed E-state index contributed by atoms with van der Waals surface area (Å²) in [6.07, 6.45) is 3.81. The Morgan fingerprint density at radius 1 is 1.08 bits per heavy atom. The van der Waals surface area contributed by atoms with Gasteiger partial charge in [0.2, 0.25) is 0 Å². The number of nitrogens with zero attached hydrogens (tertiary/aromatic N) is 2. The summed E-state index contributed by atoms with van der Waals surface area (Å²) in [4.78, 5) is 17.0. The molecule has 24 heavy (non-hydrogen) atoms. The van der Waals surface area contributed by atoms with Gasteiger partial charge in [-0.1, -0.05) is 30.3 Å². The second kappa shape index (κ2) is 7.67. The highest BCUT2D eigenvalue weighted by molar-refractivity contribution is 5.91. The first-order chi connectivity index (χ1) is 11.6. The second-order valence-electron chi connectivity index (χ2n) is 6.72. The molecule has 1 amide bonds. The maximum Gasteiger partial charge on any atom is 0.289 e. The molecule has 2 heterocycles. The first kappa shape index (κ1) is 16.8. The number of carbonyl (C=O) groups is 1. The number of piperazine rings is 1. The van der Waals surface area contributed by atoms with Crippen molar-refractivity contribution in [2.24, 2.45) is 0 Å². The first-order valence-corrected chi connectivity index (χ1v) is 8.77. The topological polar surface area (TPSA) is 36.7 Å². The third kappa shape index (κ3) is 3.88. The number of rotatable bonds is 5. The van der Waals surface area contributed by atoms with E-state index in [9.17, 15) is 4.79 Å². The highest BCUT2D eigenvalue weighted by Crippen LogP contribution is 2.19. The normalized spacial score (nSPS) is 21.8. The molecule has 0 bridgehead atoms. The second-order valence-corrected chi connectivity index (χ2v) is 6.72. The molecule has 1 aromatic heterocycles. The van der Waals surface area contributed by atoms with Gasteiger partial charge in [0.05, 0.1) is 6.26 Å². The van der Waals surface area contributed by atoms with Crippen molar-refractivity contribution in [2.45, 2.75) is 38.8 Å². The van der Waals surface area contributed by atoms with E-state index in [1.807, 2.05) is 4.90 Å². The highest BCUT2D eigenvalue weighted by Gasteiger charge is 2.32. The van der Waals surface area contributed by atoms with E-state index in [0.29, 0.717) is 11.8 Å². The van der Waals surface area contributed by atoms with Crippen LogP contribution in [0.1, 0.15) is 36.4 Å².